The van der Waals surface area contributed by atoms with E-state index >= 15 is 0 Å². The van der Waals surface area contributed by atoms with E-state index < -0.39 is 0 Å². The summed E-state index contributed by atoms with van der Waals surface area (Å²) in [4.78, 5) is 11.8. The molecule has 0 saturated heterocycles. The van der Waals surface area contributed by atoms with Gasteiger partial charge in [0.15, 0.2) is 0 Å². The fraction of sp³-hybridized carbons (Fsp3) is 0.667. The van der Waals surface area contributed by atoms with Crippen molar-refractivity contribution >= 4 is 5.91 Å². The molecular formula is C12H19N3O. The van der Waals surface area contributed by atoms with Crippen LogP contribution in [0.3, 0.4) is 0 Å². The molecule has 0 atom stereocenters. The lowest BCUT2D eigenvalue weighted by Crippen LogP contribution is -2.28. The average molecular weight is 221 g/mol. The molecule has 2 rings (SSSR count). The summed E-state index contributed by atoms with van der Waals surface area (Å²) in [6, 6.07) is 0. The highest BCUT2D eigenvalue weighted by molar-refractivity contribution is 5.78. The van der Waals surface area contributed by atoms with Crippen LogP contribution in [0.5, 0.6) is 0 Å². The number of amides is 1. The Balaban J connectivity index is 1.80. The molecule has 1 aromatic heterocycles. The fourth-order valence-corrected chi connectivity index (χ4v) is 2.19. The van der Waals surface area contributed by atoms with Gasteiger partial charge in [0.1, 0.15) is 0 Å². The summed E-state index contributed by atoms with van der Waals surface area (Å²) in [6.07, 6.45) is 8.31. The third kappa shape index (κ3) is 2.62. The zero-order chi connectivity index (χ0) is 11.4. The van der Waals surface area contributed by atoms with Crippen LogP contribution in [0.4, 0.5) is 0 Å². The maximum atomic E-state index is 11.8. The van der Waals surface area contributed by atoms with Crippen LogP contribution in [0.2, 0.25) is 0 Å². The Kier molecular flexibility index (Phi) is 3.59. The summed E-state index contributed by atoms with van der Waals surface area (Å²) >= 11 is 0. The summed E-state index contributed by atoms with van der Waals surface area (Å²) < 4.78 is 1.87. The number of hydrogen-bond donors (Lipinski definition) is 1. The van der Waals surface area contributed by atoms with Gasteiger partial charge in [0, 0.05) is 30.8 Å². The molecular weight excluding hydrogens is 202 g/mol. The van der Waals surface area contributed by atoms with Crippen LogP contribution in [-0.4, -0.2) is 15.7 Å². The Morgan fingerprint density at radius 1 is 1.56 bits per heavy atom. The van der Waals surface area contributed by atoms with E-state index in [4.69, 9.17) is 0 Å². The summed E-state index contributed by atoms with van der Waals surface area (Å²) in [5.74, 6) is 0.461. The van der Waals surface area contributed by atoms with E-state index in [1.807, 2.05) is 24.0 Å². The molecule has 1 N–H and O–H groups in total. The molecule has 1 aromatic rings. The molecule has 1 amide bonds. The molecule has 1 heterocycles. The van der Waals surface area contributed by atoms with Gasteiger partial charge in [-0.1, -0.05) is 12.8 Å². The highest BCUT2D eigenvalue weighted by Crippen LogP contribution is 2.24. The molecule has 1 aliphatic carbocycles. The minimum atomic E-state index is 0.210. The maximum absolute atomic E-state index is 11.8. The number of carbonyl (C=O) groups excluding carboxylic acids is 1. The van der Waals surface area contributed by atoms with Crippen LogP contribution in [-0.2, 0) is 17.9 Å². The lowest BCUT2D eigenvalue weighted by Gasteiger charge is -2.08. The molecule has 88 valence electrons. The minimum absolute atomic E-state index is 0.210. The van der Waals surface area contributed by atoms with Crippen molar-refractivity contribution in [3.8, 4) is 0 Å². The van der Waals surface area contributed by atoms with Crippen LogP contribution < -0.4 is 5.32 Å². The fourth-order valence-electron chi connectivity index (χ4n) is 2.19. The maximum Gasteiger partial charge on any atom is 0.223 e. The van der Waals surface area contributed by atoms with Gasteiger partial charge in [-0.25, -0.2) is 0 Å². The Morgan fingerprint density at radius 2 is 2.31 bits per heavy atom. The minimum Gasteiger partial charge on any atom is -0.352 e. The van der Waals surface area contributed by atoms with Crippen molar-refractivity contribution in [1.82, 2.24) is 15.1 Å². The molecule has 0 bridgehead atoms. The SMILES string of the molecule is CCn1cc(CNC(=O)C2CCCC2)cn1. The molecule has 4 heteroatoms. The Bertz CT molecular complexity index is 353. The highest BCUT2D eigenvalue weighted by atomic mass is 16.1. The first-order valence-electron chi connectivity index (χ1n) is 6.08. The lowest BCUT2D eigenvalue weighted by molar-refractivity contribution is -0.124. The monoisotopic (exact) mass is 221 g/mol. The topological polar surface area (TPSA) is 46.9 Å². The van der Waals surface area contributed by atoms with Crippen LogP contribution in [0.15, 0.2) is 12.4 Å². The van der Waals surface area contributed by atoms with Crippen molar-refractivity contribution in [3.05, 3.63) is 18.0 Å². The van der Waals surface area contributed by atoms with E-state index in [1.165, 1.54) is 12.8 Å². The summed E-state index contributed by atoms with van der Waals surface area (Å²) in [5.41, 5.74) is 1.08. The van der Waals surface area contributed by atoms with Crippen LogP contribution in [0.25, 0.3) is 0 Å². The molecule has 1 fully saturated rings. The van der Waals surface area contributed by atoms with Gasteiger partial charge in [-0.15, -0.1) is 0 Å². The van der Waals surface area contributed by atoms with Gasteiger partial charge in [0.2, 0.25) is 5.91 Å². The molecule has 0 aliphatic heterocycles. The van der Waals surface area contributed by atoms with Crippen molar-refractivity contribution < 1.29 is 4.79 Å². The number of aryl methyl sites for hydroxylation is 1. The molecule has 0 radical (unpaired) electrons. The molecule has 0 aromatic carbocycles. The first-order valence-corrected chi connectivity index (χ1v) is 6.08. The average Bonchev–Trinajstić information content (AvgIpc) is 2.96. The second-order valence-corrected chi connectivity index (χ2v) is 4.40. The van der Waals surface area contributed by atoms with Crippen LogP contribution in [0.1, 0.15) is 38.2 Å². The van der Waals surface area contributed by atoms with Crippen LogP contribution in [0, 0.1) is 5.92 Å². The Hall–Kier alpha value is -1.32. The molecule has 4 nitrogen and oxygen atoms in total. The predicted molar refractivity (Wildman–Crippen MR) is 61.7 cm³/mol. The van der Waals surface area contributed by atoms with Crippen LogP contribution >= 0.6 is 0 Å². The van der Waals surface area contributed by atoms with Gasteiger partial charge in [-0.2, -0.15) is 5.10 Å². The van der Waals surface area contributed by atoms with Gasteiger partial charge >= 0.3 is 0 Å². The quantitative estimate of drug-likeness (QED) is 0.841. The van der Waals surface area contributed by atoms with E-state index in [9.17, 15) is 4.79 Å². The van der Waals surface area contributed by atoms with Crippen molar-refractivity contribution in [2.45, 2.75) is 45.7 Å². The standard InChI is InChI=1S/C12H19N3O/c1-2-15-9-10(8-14-15)7-13-12(16)11-5-3-4-6-11/h8-9,11H,2-7H2,1H3,(H,13,16). The van der Waals surface area contributed by atoms with E-state index in [0.717, 1.165) is 24.9 Å². The van der Waals surface area contributed by atoms with Gasteiger partial charge < -0.3 is 5.32 Å². The van der Waals surface area contributed by atoms with Gasteiger partial charge in [-0.3, -0.25) is 9.48 Å². The smallest absolute Gasteiger partial charge is 0.223 e. The van der Waals surface area contributed by atoms with Gasteiger partial charge in [0.05, 0.1) is 6.20 Å². The zero-order valence-corrected chi connectivity index (χ0v) is 9.78. The van der Waals surface area contributed by atoms with E-state index in [2.05, 4.69) is 10.4 Å². The molecule has 1 aliphatic rings. The zero-order valence-electron chi connectivity index (χ0n) is 9.78. The first kappa shape index (κ1) is 11.2. The summed E-state index contributed by atoms with van der Waals surface area (Å²) in [5, 5.41) is 7.16. The Morgan fingerprint density at radius 3 is 2.94 bits per heavy atom. The first-order chi connectivity index (χ1) is 7.79. The lowest BCUT2D eigenvalue weighted by atomic mass is 10.1. The van der Waals surface area contributed by atoms with Crippen molar-refractivity contribution in [1.29, 1.82) is 0 Å². The molecule has 0 spiro atoms. The molecule has 16 heavy (non-hydrogen) atoms. The van der Waals surface area contributed by atoms with Crippen molar-refractivity contribution in [2.75, 3.05) is 0 Å². The number of aromatic nitrogens is 2. The second kappa shape index (κ2) is 5.14. The van der Waals surface area contributed by atoms with E-state index in [1.54, 1.807) is 0 Å². The molecule has 1 saturated carbocycles. The molecule has 0 unspecified atom stereocenters. The summed E-state index contributed by atoms with van der Waals surface area (Å²) in [6.45, 7) is 3.53. The number of rotatable bonds is 4. The van der Waals surface area contributed by atoms with Gasteiger partial charge in [0.25, 0.3) is 0 Å². The Labute approximate surface area is 96.0 Å². The van der Waals surface area contributed by atoms with E-state index in [0.29, 0.717) is 6.54 Å². The third-order valence-electron chi connectivity index (χ3n) is 3.20. The van der Waals surface area contributed by atoms with E-state index in [-0.39, 0.29) is 11.8 Å². The normalized spacial score (nSPS) is 16.6. The summed E-state index contributed by atoms with van der Waals surface area (Å²) in [7, 11) is 0. The highest BCUT2D eigenvalue weighted by Gasteiger charge is 2.22. The van der Waals surface area contributed by atoms with Gasteiger partial charge in [-0.05, 0) is 19.8 Å². The number of nitrogens with zero attached hydrogens (tertiary/aromatic N) is 2. The number of nitrogens with one attached hydrogen (secondary N) is 1. The van der Waals surface area contributed by atoms with Crippen molar-refractivity contribution in [3.63, 3.8) is 0 Å². The van der Waals surface area contributed by atoms with Crippen molar-refractivity contribution in [2.24, 2.45) is 5.92 Å². The largest absolute Gasteiger partial charge is 0.352 e. The third-order valence-corrected chi connectivity index (χ3v) is 3.20. The second-order valence-electron chi connectivity index (χ2n) is 4.40. The predicted octanol–water partition coefficient (Wildman–Crippen LogP) is 1.71. The number of carbonyl (C=O) groups is 1. The number of hydrogen-bond acceptors (Lipinski definition) is 2.